The monoisotopic (exact) mass is 805 g/mol. The van der Waals surface area contributed by atoms with Gasteiger partial charge in [-0.05, 0) is 61.7 Å². The minimum atomic E-state index is -5.04. The first-order chi connectivity index (χ1) is 25.8. The van der Waals surface area contributed by atoms with Gasteiger partial charge in [0.1, 0.15) is 18.3 Å². The number of carbonyl (C=O) groups is 3. The van der Waals surface area contributed by atoms with Crippen molar-refractivity contribution in [2.45, 2.75) is 51.4 Å². The average Bonchev–Trinajstić information content (AvgIpc) is 3.15. The summed E-state index contributed by atoms with van der Waals surface area (Å²) in [4.78, 5) is 35.8. The van der Waals surface area contributed by atoms with Crippen molar-refractivity contribution in [2.75, 3.05) is 40.2 Å². The fourth-order valence-corrected chi connectivity index (χ4v) is 6.13. The second kappa shape index (κ2) is 21.4. The van der Waals surface area contributed by atoms with E-state index in [4.69, 9.17) is 18.5 Å². The Balaban J connectivity index is 0.000000685. The number of esters is 2. The van der Waals surface area contributed by atoms with E-state index in [1.54, 1.807) is 74.5 Å². The summed E-state index contributed by atoms with van der Waals surface area (Å²) in [5.41, 5.74) is -4.00. The largest absolute Gasteiger partial charge is 0.469 e. The molecule has 0 aliphatic rings. The van der Waals surface area contributed by atoms with Gasteiger partial charge in [-0.15, -0.1) is 0 Å². The van der Waals surface area contributed by atoms with Gasteiger partial charge in [0, 0.05) is 6.08 Å². The Morgan fingerprint density at radius 1 is 0.782 bits per heavy atom. The quantitative estimate of drug-likeness (QED) is 0.0492. The van der Waals surface area contributed by atoms with Crippen molar-refractivity contribution in [3.05, 3.63) is 119 Å². The molecule has 0 saturated heterocycles. The van der Waals surface area contributed by atoms with Crippen LogP contribution in [-0.2, 0) is 66.6 Å². The molecule has 302 valence electrons. The van der Waals surface area contributed by atoms with E-state index in [0.29, 0.717) is 23.3 Å². The maximum Gasteiger partial charge on any atom is 0.416 e. The highest BCUT2D eigenvalue weighted by atomic mass is 31.2. The molecular formula is C37H42F6NO10P. The minimum Gasteiger partial charge on any atom is -0.469 e. The average molecular weight is 806 g/mol. The summed E-state index contributed by atoms with van der Waals surface area (Å²) < 4.78 is 122. The summed E-state index contributed by atoms with van der Waals surface area (Å²) in [6.45, 7) is 4.49. The fraction of sp³-hybridized carbons (Fsp3) is 0.378. The first-order valence-electron chi connectivity index (χ1n) is 16.5. The van der Waals surface area contributed by atoms with Gasteiger partial charge in [-0.2, -0.15) is 26.3 Å². The zero-order chi connectivity index (χ0) is 41.3. The summed E-state index contributed by atoms with van der Waals surface area (Å²) in [5, 5.41) is 2.63. The highest BCUT2D eigenvalue weighted by molar-refractivity contribution is 7.54. The van der Waals surface area contributed by atoms with Crippen LogP contribution >= 0.6 is 7.60 Å². The van der Waals surface area contributed by atoms with E-state index >= 15 is 0 Å². The number of ether oxygens (including phenoxy) is 4. The topological polar surface area (TPSA) is 136 Å². The number of alkyl halides is 6. The molecule has 0 bridgehead atoms. The van der Waals surface area contributed by atoms with Crippen LogP contribution in [0.1, 0.15) is 54.7 Å². The molecule has 0 fully saturated rings. The molecule has 1 amide bonds. The number of hydrogen-bond donors (Lipinski definition) is 1. The van der Waals surface area contributed by atoms with Crippen LogP contribution in [0.15, 0.2) is 91.0 Å². The van der Waals surface area contributed by atoms with Crippen LogP contribution in [-0.4, -0.2) is 58.2 Å². The second-order valence-electron chi connectivity index (χ2n) is 11.4. The van der Waals surface area contributed by atoms with Gasteiger partial charge in [-0.3, -0.25) is 9.36 Å². The summed E-state index contributed by atoms with van der Waals surface area (Å²) >= 11 is 0. The van der Waals surface area contributed by atoms with Crippen LogP contribution in [0.5, 0.6) is 0 Å². The van der Waals surface area contributed by atoms with E-state index < -0.39 is 72.9 Å². The third-order valence-electron chi connectivity index (χ3n) is 7.37. The molecule has 3 aromatic carbocycles. The van der Waals surface area contributed by atoms with Gasteiger partial charge < -0.3 is 33.3 Å². The first kappa shape index (κ1) is 46.5. The van der Waals surface area contributed by atoms with Crippen molar-refractivity contribution in [1.82, 2.24) is 5.32 Å². The van der Waals surface area contributed by atoms with Gasteiger partial charge in [0.2, 0.25) is 0 Å². The predicted octanol–water partition coefficient (Wildman–Crippen LogP) is 8.78. The summed E-state index contributed by atoms with van der Waals surface area (Å²) in [5.74, 6) is -1.39. The first-order valence-corrected chi connectivity index (χ1v) is 18.2. The molecule has 55 heavy (non-hydrogen) atoms. The number of benzene rings is 3. The SMILES string of the molecule is CCOP(=O)(CC(=O)OC)OCC.COC(=O)/C=C\[C@](CO[C@H](C)c1cc(C(F)(F)F)cc(C(F)(F)F)c1)(NC(=O)OCc1ccccc1)c1ccccc1. The van der Waals surface area contributed by atoms with E-state index in [-0.39, 0.29) is 32.0 Å². The van der Waals surface area contributed by atoms with E-state index in [9.17, 15) is 45.3 Å². The van der Waals surface area contributed by atoms with Crippen LogP contribution in [0.25, 0.3) is 0 Å². The molecule has 0 radical (unpaired) electrons. The van der Waals surface area contributed by atoms with E-state index in [1.165, 1.54) is 20.1 Å². The van der Waals surface area contributed by atoms with Crippen LogP contribution in [0.3, 0.4) is 0 Å². The molecule has 0 saturated carbocycles. The molecular weight excluding hydrogens is 763 g/mol. The molecule has 1 N–H and O–H groups in total. The number of rotatable bonds is 16. The molecule has 3 aromatic rings. The minimum absolute atomic E-state index is 0.0217. The lowest BCUT2D eigenvalue weighted by molar-refractivity contribution is -0.143. The van der Waals surface area contributed by atoms with E-state index in [0.717, 1.165) is 13.2 Å². The van der Waals surface area contributed by atoms with Crippen LogP contribution in [0.2, 0.25) is 0 Å². The molecule has 0 heterocycles. The second-order valence-corrected chi connectivity index (χ2v) is 13.4. The number of hydrogen-bond acceptors (Lipinski definition) is 10. The number of methoxy groups -OCH3 is 2. The Morgan fingerprint density at radius 3 is 1.78 bits per heavy atom. The van der Waals surface area contributed by atoms with Crippen LogP contribution in [0.4, 0.5) is 31.1 Å². The van der Waals surface area contributed by atoms with Crippen molar-refractivity contribution in [3.63, 3.8) is 0 Å². The molecule has 0 spiro atoms. The summed E-state index contributed by atoms with van der Waals surface area (Å²) in [6, 6.07) is 18.0. The standard InChI is InChI=1S/C30H27F6NO5.C7H15O5P/c1-20(22-15-24(29(31,32)33)17-25(16-22)30(34,35)36)42-19-28(14-13-26(38)40-2,23-11-7-4-8-12-23)37-27(39)41-18-21-9-5-3-6-10-21;1-4-11-13(9,12-5-2)6-7(8)10-3/h3-17,20H,18-19H2,1-2H3,(H,37,39);4-6H2,1-3H3/b14-13-;/t20-,28-;/m1./s1. The van der Waals surface area contributed by atoms with Crippen LogP contribution < -0.4 is 5.32 Å². The van der Waals surface area contributed by atoms with E-state index in [2.05, 4.69) is 14.8 Å². The van der Waals surface area contributed by atoms with Crippen molar-refractivity contribution in [3.8, 4) is 0 Å². The highest BCUT2D eigenvalue weighted by Crippen LogP contribution is 2.47. The van der Waals surface area contributed by atoms with Crippen LogP contribution in [0, 0.1) is 0 Å². The number of nitrogens with one attached hydrogen (secondary N) is 1. The van der Waals surface area contributed by atoms with Crippen molar-refractivity contribution < 1.29 is 73.3 Å². The smallest absolute Gasteiger partial charge is 0.416 e. The van der Waals surface area contributed by atoms with Crippen molar-refractivity contribution >= 4 is 25.6 Å². The Morgan fingerprint density at radius 2 is 1.31 bits per heavy atom. The summed E-state index contributed by atoms with van der Waals surface area (Å²) in [7, 11) is -0.912. The molecule has 18 heteroatoms. The normalized spacial score (nSPS) is 13.5. The van der Waals surface area contributed by atoms with Gasteiger partial charge in [0.25, 0.3) is 0 Å². The molecule has 11 nitrogen and oxygen atoms in total. The maximum absolute atomic E-state index is 13.4. The Labute approximate surface area is 314 Å². The number of halogens is 6. The Hall–Kier alpha value is -4.70. The lowest BCUT2D eigenvalue weighted by Crippen LogP contribution is -2.48. The zero-order valence-corrected chi connectivity index (χ0v) is 31.5. The molecule has 0 aliphatic carbocycles. The number of carbonyl (C=O) groups excluding carboxylic acids is 3. The fourth-order valence-electron chi connectivity index (χ4n) is 4.64. The molecule has 3 rings (SSSR count). The Bertz CT molecular complexity index is 1710. The van der Waals surface area contributed by atoms with Gasteiger partial charge in [0.05, 0.1) is 51.3 Å². The van der Waals surface area contributed by atoms with Gasteiger partial charge in [0.15, 0.2) is 0 Å². The Kier molecular flexibility index (Phi) is 18.1. The zero-order valence-electron chi connectivity index (χ0n) is 30.6. The molecule has 2 atom stereocenters. The molecule has 0 aliphatic heterocycles. The van der Waals surface area contributed by atoms with Crippen molar-refractivity contribution in [1.29, 1.82) is 0 Å². The van der Waals surface area contributed by atoms with E-state index in [1.807, 2.05) is 0 Å². The molecule has 0 aromatic heterocycles. The van der Waals surface area contributed by atoms with Gasteiger partial charge in [-0.25, -0.2) is 9.59 Å². The van der Waals surface area contributed by atoms with Crippen molar-refractivity contribution in [2.24, 2.45) is 0 Å². The maximum atomic E-state index is 13.4. The number of amides is 1. The lowest BCUT2D eigenvalue weighted by atomic mass is 9.90. The number of alkyl carbamates (subject to hydrolysis) is 1. The molecule has 0 unspecified atom stereocenters. The highest BCUT2D eigenvalue weighted by Gasteiger charge is 2.38. The van der Waals surface area contributed by atoms with Gasteiger partial charge >= 0.3 is 38.0 Å². The third kappa shape index (κ3) is 15.5. The summed E-state index contributed by atoms with van der Waals surface area (Å²) in [6.07, 6.45) is -10.4. The lowest BCUT2D eigenvalue weighted by Gasteiger charge is -2.33. The van der Waals surface area contributed by atoms with Gasteiger partial charge in [-0.1, -0.05) is 60.7 Å². The predicted molar refractivity (Wildman–Crippen MR) is 188 cm³/mol. The third-order valence-corrected chi connectivity index (χ3v) is 9.32.